The number of likely N-dealkylation sites (tertiary alicyclic amines) is 1. The summed E-state index contributed by atoms with van der Waals surface area (Å²) in [6.07, 6.45) is 4.55. The zero-order valence-corrected chi connectivity index (χ0v) is 11.3. The Morgan fingerprint density at radius 3 is 3.00 bits per heavy atom. The number of amides is 2. The van der Waals surface area contributed by atoms with E-state index < -0.39 is 12.0 Å². The molecule has 0 spiro atoms. The van der Waals surface area contributed by atoms with E-state index in [1.165, 1.54) is 6.92 Å². The van der Waals surface area contributed by atoms with Crippen LogP contribution in [0.3, 0.4) is 0 Å². The summed E-state index contributed by atoms with van der Waals surface area (Å²) in [6, 6.07) is -1.22. The van der Waals surface area contributed by atoms with Crippen molar-refractivity contribution in [2.45, 2.75) is 38.3 Å². The highest BCUT2D eigenvalue weighted by atomic mass is 16.5. The Kier molecular flexibility index (Phi) is 6.35. The van der Waals surface area contributed by atoms with Crippen LogP contribution < -0.4 is 5.32 Å². The second kappa shape index (κ2) is 7.78. The maximum atomic E-state index is 11.8. The van der Waals surface area contributed by atoms with Gasteiger partial charge >= 0.3 is 12.0 Å². The Hall–Kier alpha value is -1.56. The van der Waals surface area contributed by atoms with Gasteiger partial charge in [-0.25, -0.2) is 4.79 Å². The van der Waals surface area contributed by atoms with Crippen LogP contribution in [0.15, 0.2) is 12.7 Å². The average molecular weight is 270 g/mol. The SMILES string of the molecule is C=CCCCOC1CCN(C(=O)NC(C)C(=O)O)C1. The van der Waals surface area contributed by atoms with Crippen LogP contribution in [-0.4, -0.2) is 53.8 Å². The minimum absolute atomic E-state index is 0.0516. The number of allylic oxidation sites excluding steroid dienone is 1. The number of aliphatic carboxylic acids is 1. The fraction of sp³-hybridized carbons (Fsp3) is 0.692. The number of hydrogen-bond donors (Lipinski definition) is 2. The van der Waals surface area contributed by atoms with Gasteiger partial charge in [0.15, 0.2) is 0 Å². The number of unbranched alkanes of at least 4 members (excludes halogenated alkanes) is 1. The lowest BCUT2D eigenvalue weighted by atomic mass is 10.3. The normalized spacial score (nSPS) is 20.1. The van der Waals surface area contributed by atoms with Gasteiger partial charge in [-0.3, -0.25) is 4.79 Å². The third kappa shape index (κ3) is 5.30. The largest absolute Gasteiger partial charge is 0.480 e. The van der Waals surface area contributed by atoms with E-state index in [2.05, 4.69) is 11.9 Å². The van der Waals surface area contributed by atoms with Crippen molar-refractivity contribution in [2.24, 2.45) is 0 Å². The molecular formula is C13H22N2O4. The third-order valence-electron chi connectivity index (χ3n) is 3.05. The van der Waals surface area contributed by atoms with E-state index >= 15 is 0 Å². The Bertz CT molecular complexity index is 333. The lowest BCUT2D eigenvalue weighted by Crippen LogP contribution is -2.46. The van der Waals surface area contributed by atoms with Crippen LogP contribution in [0.4, 0.5) is 4.79 Å². The fourth-order valence-electron chi connectivity index (χ4n) is 1.86. The molecule has 1 aliphatic rings. The van der Waals surface area contributed by atoms with E-state index in [-0.39, 0.29) is 12.1 Å². The highest BCUT2D eigenvalue weighted by Crippen LogP contribution is 2.13. The van der Waals surface area contributed by atoms with E-state index in [9.17, 15) is 9.59 Å². The van der Waals surface area contributed by atoms with Gasteiger partial charge in [0.25, 0.3) is 0 Å². The first kappa shape index (κ1) is 15.5. The zero-order valence-electron chi connectivity index (χ0n) is 11.3. The topological polar surface area (TPSA) is 78.9 Å². The Labute approximate surface area is 113 Å². The number of ether oxygens (including phenoxy) is 1. The number of hydrogen-bond acceptors (Lipinski definition) is 3. The number of carboxylic acids is 1. The van der Waals surface area contributed by atoms with Gasteiger partial charge < -0.3 is 20.1 Å². The monoisotopic (exact) mass is 270 g/mol. The molecule has 0 radical (unpaired) electrons. The van der Waals surface area contributed by atoms with E-state index in [0.29, 0.717) is 19.7 Å². The van der Waals surface area contributed by atoms with Gasteiger partial charge in [-0.2, -0.15) is 0 Å². The summed E-state index contributed by atoms with van der Waals surface area (Å²) in [5, 5.41) is 11.2. The summed E-state index contributed by atoms with van der Waals surface area (Å²) < 4.78 is 5.65. The molecule has 108 valence electrons. The first-order valence-electron chi connectivity index (χ1n) is 6.55. The summed E-state index contributed by atoms with van der Waals surface area (Å²) in [7, 11) is 0. The molecular weight excluding hydrogens is 248 g/mol. The standard InChI is InChI=1S/C13H22N2O4/c1-3-4-5-8-19-11-6-7-15(9-11)13(18)14-10(2)12(16)17/h3,10-11H,1,4-9H2,2H3,(H,14,18)(H,16,17). The summed E-state index contributed by atoms with van der Waals surface area (Å²) in [6.45, 7) is 6.87. The Morgan fingerprint density at radius 2 is 2.37 bits per heavy atom. The number of urea groups is 1. The number of carbonyl (C=O) groups excluding carboxylic acids is 1. The van der Waals surface area contributed by atoms with Crippen molar-refractivity contribution in [3.05, 3.63) is 12.7 Å². The van der Waals surface area contributed by atoms with Gasteiger partial charge in [0.1, 0.15) is 6.04 Å². The molecule has 2 amide bonds. The van der Waals surface area contributed by atoms with Crippen molar-refractivity contribution in [1.82, 2.24) is 10.2 Å². The van der Waals surface area contributed by atoms with Gasteiger partial charge in [0.2, 0.25) is 0 Å². The van der Waals surface area contributed by atoms with Gasteiger partial charge in [-0.15, -0.1) is 6.58 Å². The van der Waals surface area contributed by atoms with Crippen LogP contribution in [0.5, 0.6) is 0 Å². The van der Waals surface area contributed by atoms with Crippen LogP contribution in [0.1, 0.15) is 26.2 Å². The van der Waals surface area contributed by atoms with Crippen LogP contribution in [-0.2, 0) is 9.53 Å². The smallest absolute Gasteiger partial charge is 0.325 e. The lowest BCUT2D eigenvalue weighted by molar-refractivity contribution is -0.138. The van der Waals surface area contributed by atoms with E-state index in [4.69, 9.17) is 9.84 Å². The third-order valence-corrected chi connectivity index (χ3v) is 3.05. The molecule has 0 aromatic heterocycles. The van der Waals surface area contributed by atoms with E-state index in [1.54, 1.807) is 4.90 Å². The number of nitrogens with zero attached hydrogens (tertiary/aromatic N) is 1. The fourth-order valence-corrected chi connectivity index (χ4v) is 1.86. The second-order valence-corrected chi connectivity index (χ2v) is 4.67. The number of carboxylic acid groups (broad SMARTS) is 1. The molecule has 1 rings (SSSR count). The minimum atomic E-state index is -1.04. The lowest BCUT2D eigenvalue weighted by Gasteiger charge is -2.19. The van der Waals surface area contributed by atoms with Gasteiger partial charge in [-0.1, -0.05) is 6.08 Å². The maximum absolute atomic E-state index is 11.8. The maximum Gasteiger partial charge on any atom is 0.325 e. The molecule has 19 heavy (non-hydrogen) atoms. The molecule has 0 aromatic rings. The summed E-state index contributed by atoms with van der Waals surface area (Å²) >= 11 is 0. The summed E-state index contributed by atoms with van der Waals surface area (Å²) in [5.41, 5.74) is 0. The van der Waals surface area contributed by atoms with E-state index in [0.717, 1.165) is 19.3 Å². The first-order valence-corrected chi connectivity index (χ1v) is 6.55. The van der Waals surface area contributed by atoms with Gasteiger partial charge in [0.05, 0.1) is 6.10 Å². The average Bonchev–Trinajstić information content (AvgIpc) is 2.83. The first-order chi connectivity index (χ1) is 9.04. The van der Waals surface area contributed by atoms with Crippen molar-refractivity contribution in [3.63, 3.8) is 0 Å². The van der Waals surface area contributed by atoms with Gasteiger partial charge in [0, 0.05) is 19.7 Å². The zero-order chi connectivity index (χ0) is 14.3. The van der Waals surface area contributed by atoms with Crippen molar-refractivity contribution in [2.75, 3.05) is 19.7 Å². The molecule has 2 N–H and O–H groups in total. The quantitative estimate of drug-likeness (QED) is 0.538. The summed E-state index contributed by atoms with van der Waals surface area (Å²) in [5.74, 6) is -1.04. The van der Waals surface area contributed by atoms with Crippen molar-refractivity contribution in [3.8, 4) is 0 Å². The Balaban J connectivity index is 2.25. The van der Waals surface area contributed by atoms with Crippen molar-refractivity contribution >= 4 is 12.0 Å². The second-order valence-electron chi connectivity index (χ2n) is 4.67. The number of carbonyl (C=O) groups is 2. The van der Waals surface area contributed by atoms with Crippen LogP contribution in [0.25, 0.3) is 0 Å². The predicted octanol–water partition coefficient (Wildman–Crippen LogP) is 1.23. The van der Waals surface area contributed by atoms with Gasteiger partial charge in [-0.05, 0) is 26.2 Å². The van der Waals surface area contributed by atoms with E-state index in [1.807, 2.05) is 6.08 Å². The molecule has 1 aliphatic heterocycles. The highest BCUT2D eigenvalue weighted by molar-refractivity contribution is 5.82. The molecule has 2 atom stereocenters. The molecule has 1 saturated heterocycles. The van der Waals surface area contributed by atoms with Crippen LogP contribution in [0.2, 0.25) is 0 Å². The number of nitrogens with one attached hydrogen (secondary N) is 1. The molecule has 2 unspecified atom stereocenters. The highest BCUT2D eigenvalue weighted by Gasteiger charge is 2.28. The predicted molar refractivity (Wildman–Crippen MR) is 71.0 cm³/mol. The Morgan fingerprint density at radius 1 is 1.63 bits per heavy atom. The molecule has 0 bridgehead atoms. The van der Waals surface area contributed by atoms with Crippen molar-refractivity contribution < 1.29 is 19.4 Å². The van der Waals surface area contributed by atoms with Crippen LogP contribution >= 0.6 is 0 Å². The van der Waals surface area contributed by atoms with Crippen LogP contribution in [0, 0.1) is 0 Å². The molecule has 6 heteroatoms. The number of rotatable bonds is 7. The molecule has 0 saturated carbocycles. The molecule has 0 aliphatic carbocycles. The summed E-state index contributed by atoms with van der Waals surface area (Å²) in [4.78, 5) is 24.0. The molecule has 0 aromatic carbocycles. The molecule has 6 nitrogen and oxygen atoms in total. The van der Waals surface area contributed by atoms with Crippen molar-refractivity contribution in [1.29, 1.82) is 0 Å². The molecule has 1 heterocycles. The molecule has 1 fully saturated rings. The minimum Gasteiger partial charge on any atom is -0.480 e.